The highest BCUT2D eigenvalue weighted by Crippen LogP contribution is 2.31. The Morgan fingerprint density at radius 1 is 0.944 bits per heavy atom. The zero-order valence-corrected chi connectivity index (χ0v) is 9.99. The van der Waals surface area contributed by atoms with Crippen molar-refractivity contribution in [2.75, 3.05) is 13.2 Å². The molecule has 3 nitrogen and oxygen atoms in total. The summed E-state index contributed by atoms with van der Waals surface area (Å²) in [6.45, 7) is 0.185. The lowest BCUT2D eigenvalue weighted by Crippen LogP contribution is -2.09. The second-order valence-corrected chi connectivity index (χ2v) is 3.94. The second kappa shape index (κ2) is 6.19. The van der Waals surface area contributed by atoms with Gasteiger partial charge in [-0.2, -0.15) is 0 Å². The number of phenolic OH excluding ortho intramolecular Hbond substituents is 1. The Morgan fingerprint density at radius 2 is 1.61 bits per heavy atom. The van der Waals surface area contributed by atoms with Crippen LogP contribution in [0.5, 0.6) is 5.75 Å². The van der Waals surface area contributed by atoms with Crippen LogP contribution in [-0.4, -0.2) is 23.4 Å². The Kier molecular flexibility index (Phi) is 4.34. The minimum atomic E-state index is -0.362. The van der Waals surface area contributed by atoms with Crippen LogP contribution in [0.4, 0.5) is 0 Å². The van der Waals surface area contributed by atoms with Gasteiger partial charge in [0.2, 0.25) is 0 Å². The number of hydrogen-bond donors (Lipinski definition) is 2. The number of benzene rings is 2. The standard InChI is InChI=1S/C15H16O3/c16-10-11-18-15(12-6-2-1-3-7-12)13-8-4-5-9-14(13)17/h1-9,15-17H,10-11H2. The number of aliphatic hydroxyl groups is 1. The van der Waals surface area contributed by atoms with E-state index in [1.165, 1.54) is 0 Å². The molecule has 0 bridgehead atoms. The van der Waals surface area contributed by atoms with Crippen LogP contribution in [0.25, 0.3) is 0 Å². The van der Waals surface area contributed by atoms with Crippen molar-refractivity contribution < 1.29 is 14.9 Å². The van der Waals surface area contributed by atoms with Crippen molar-refractivity contribution in [3.8, 4) is 5.75 Å². The Hall–Kier alpha value is -1.84. The maximum absolute atomic E-state index is 9.90. The smallest absolute Gasteiger partial charge is 0.121 e. The molecule has 2 aromatic rings. The summed E-state index contributed by atoms with van der Waals surface area (Å²) in [5.74, 6) is 0.198. The largest absolute Gasteiger partial charge is 0.508 e. The molecule has 0 amide bonds. The molecule has 2 rings (SSSR count). The van der Waals surface area contributed by atoms with Crippen molar-refractivity contribution in [2.45, 2.75) is 6.10 Å². The summed E-state index contributed by atoms with van der Waals surface area (Å²) in [5.41, 5.74) is 1.66. The molecule has 1 atom stereocenters. The number of ether oxygens (including phenoxy) is 1. The lowest BCUT2D eigenvalue weighted by atomic mass is 10.0. The van der Waals surface area contributed by atoms with Gasteiger partial charge < -0.3 is 14.9 Å². The molecule has 18 heavy (non-hydrogen) atoms. The van der Waals surface area contributed by atoms with Crippen LogP contribution in [0.3, 0.4) is 0 Å². The molecule has 0 aliphatic rings. The van der Waals surface area contributed by atoms with E-state index >= 15 is 0 Å². The van der Waals surface area contributed by atoms with Crippen LogP contribution >= 0.6 is 0 Å². The molecule has 0 saturated heterocycles. The first-order valence-corrected chi connectivity index (χ1v) is 5.88. The quantitative estimate of drug-likeness (QED) is 0.849. The van der Waals surface area contributed by atoms with Gasteiger partial charge in [0, 0.05) is 5.56 Å². The second-order valence-electron chi connectivity index (χ2n) is 3.94. The minimum absolute atomic E-state index is 0.0447. The number of para-hydroxylation sites is 1. The first-order chi connectivity index (χ1) is 8.83. The molecule has 94 valence electrons. The van der Waals surface area contributed by atoms with Crippen molar-refractivity contribution in [3.05, 3.63) is 65.7 Å². The number of rotatable bonds is 5. The molecule has 3 heteroatoms. The summed E-state index contributed by atoms with van der Waals surface area (Å²) in [7, 11) is 0. The van der Waals surface area contributed by atoms with Gasteiger partial charge in [0.1, 0.15) is 11.9 Å². The number of aromatic hydroxyl groups is 1. The SMILES string of the molecule is OCCOC(c1ccccc1)c1ccccc1O. The van der Waals surface area contributed by atoms with Crippen molar-refractivity contribution >= 4 is 0 Å². The lowest BCUT2D eigenvalue weighted by molar-refractivity contribution is 0.0489. The normalized spacial score (nSPS) is 12.3. The minimum Gasteiger partial charge on any atom is -0.508 e. The zero-order valence-electron chi connectivity index (χ0n) is 9.99. The van der Waals surface area contributed by atoms with Crippen molar-refractivity contribution in [1.82, 2.24) is 0 Å². The van der Waals surface area contributed by atoms with Crippen molar-refractivity contribution in [2.24, 2.45) is 0 Å². The van der Waals surface area contributed by atoms with Crippen LogP contribution in [0.15, 0.2) is 54.6 Å². The van der Waals surface area contributed by atoms with Crippen LogP contribution in [-0.2, 0) is 4.74 Å². The Balaban J connectivity index is 2.34. The van der Waals surface area contributed by atoms with Gasteiger partial charge in [-0.3, -0.25) is 0 Å². The molecular weight excluding hydrogens is 228 g/mol. The van der Waals surface area contributed by atoms with Gasteiger partial charge in [0.05, 0.1) is 13.2 Å². The molecule has 0 saturated carbocycles. The highest BCUT2D eigenvalue weighted by atomic mass is 16.5. The van der Waals surface area contributed by atoms with Gasteiger partial charge in [-0.15, -0.1) is 0 Å². The zero-order chi connectivity index (χ0) is 12.8. The van der Waals surface area contributed by atoms with E-state index in [0.717, 1.165) is 5.56 Å². The van der Waals surface area contributed by atoms with Crippen LogP contribution in [0, 0.1) is 0 Å². The van der Waals surface area contributed by atoms with Gasteiger partial charge in [0.25, 0.3) is 0 Å². The Labute approximate surface area is 106 Å². The topological polar surface area (TPSA) is 49.7 Å². The van der Waals surface area contributed by atoms with Crippen LogP contribution in [0.1, 0.15) is 17.2 Å². The van der Waals surface area contributed by atoms with Gasteiger partial charge in [-0.25, -0.2) is 0 Å². The molecule has 0 fully saturated rings. The molecule has 0 aromatic heterocycles. The number of hydrogen-bond acceptors (Lipinski definition) is 3. The van der Waals surface area contributed by atoms with E-state index < -0.39 is 0 Å². The third-order valence-corrected chi connectivity index (χ3v) is 2.70. The summed E-state index contributed by atoms with van der Waals surface area (Å²) in [5, 5.41) is 18.8. The monoisotopic (exact) mass is 244 g/mol. The van der Waals surface area contributed by atoms with Crippen LogP contribution < -0.4 is 0 Å². The predicted molar refractivity (Wildman–Crippen MR) is 69.4 cm³/mol. The Morgan fingerprint density at radius 3 is 2.28 bits per heavy atom. The lowest BCUT2D eigenvalue weighted by Gasteiger charge is -2.19. The average Bonchev–Trinajstić information content (AvgIpc) is 2.42. The first kappa shape index (κ1) is 12.6. The van der Waals surface area contributed by atoms with E-state index in [1.54, 1.807) is 12.1 Å². The molecule has 0 spiro atoms. The average molecular weight is 244 g/mol. The molecule has 0 aliphatic heterocycles. The molecule has 2 N–H and O–H groups in total. The van der Waals surface area contributed by atoms with E-state index in [-0.39, 0.29) is 25.1 Å². The maximum atomic E-state index is 9.90. The van der Waals surface area contributed by atoms with E-state index in [0.29, 0.717) is 5.56 Å². The van der Waals surface area contributed by atoms with Gasteiger partial charge in [-0.05, 0) is 11.6 Å². The van der Waals surface area contributed by atoms with Crippen molar-refractivity contribution in [1.29, 1.82) is 0 Å². The van der Waals surface area contributed by atoms with E-state index in [9.17, 15) is 5.11 Å². The van der Waals surface area contributed by atoms with Crippen molar-refractivity contribution in [3.63, 3.8) is 0 Å². The number of phenols is 1. The molecular formula is C15H16O3. The summed E-state index contributed by atoms with van der Waals surface area (Å²) >= 11 is 0. The number of aliphatic hydroxyl groups excluding tert-OH is 1. The fraction of sp³-hybridized carbons (Fsp3) is 0.200. The summed E-state index contributed by atoms with van der Waals surface area (Å²) < 4.78 is 5.63. The highest BCUT2D eigenvalue weighted by molar-refractivity contribution is 5.39. The first-order valence-electron chi connectivity index (χ1n) is 5.88. The fourth-order valence-electron chi connectivity index (χ4n) is 1.87. The van der Waals surface area contributed by atoms with E-state index in [1.807, 2.05) is 42.5 Å². The third-order valence-electron chi connectivity index (χ3n) is 2.70. The molecule has 1 unspecified atom stereocenters. The van der Waals surface area contributed by atoms with Crippen LogP contribution in [0.2, 0.25) is 0 Å². The fourth-order valence-corrected chi connectivity index (χ4v) is 1.87. The molecule has 0 heterocycles. The Bertz CT molecular complexity index is 482. The van der Waals surface area contributed by atoms with Gasteiger partial charge in [0.15, 0.2) is 0 Å². The maximum Gasteiger partial charge on any atom is 0.121 e. The summed E-state index contributed by atoms with van der Waals surface area (Å²) in [6, 6.07) is 16.7. The molecule has 0 aliphatic carbocycles. The van der Waals surface area contributed by atoms with Gasteiger partial charge >= 0.3 is 0 Å². The summed E-state index contributed by atoms with van der Waals surface area (Å²) in [6.07, 6.45) is -0.362. The molecule has 2 aromatic carbocycles. The third kappa shape index (κ3) is 2.88. The van der Waals surface area contributed by atoms with Gasteiger partial charge in [-0.1, -0.05) is 48.5 Å². The molecule has 0 radical (unpaired) electrons. The predicted octanol–water partition coefficient (Wildman–Crippen LogP) is 2.49. The summed E-state index contributed by atoms with van der Waals surface area (Å²) in [4.78, 5) is 0. The highest BCUT2D eigenvalue weighted by Gasteiger charge is 2.17. The van der Waals surface area contributed by atoms with E-state index in [4.69, 9.17) is 9.84 Å². The van der Waals surface area contributed by atoms with E-state index in [2.05, 4.69) is 0 Å².